The zero-order valence-corrected chi connectivity index (χ0v) is 12.4. The number of nitrogens with zero attached hydrogens (tertiary/aromatic N) is 1. The van der Waals surface area contributed by atoms with Crippen molar-refractivity contribution >= 4 is 10.9 Å². The van der Waals surface area contributed by atoms with E-state index in [0.717, 1.165) is 35.0 Å². The van der Waals surface area contributed by atoms with Gasteiger partial charge >= 0.3 is 0 Å². The van der Waals surface area contributed by atoms with Crippen LogP contribution in [0.25, 0.3) is 10.9 Å². The van der Waals surface area contributed by atoms with Crippen molar-refractivity contribution in [3.63, 3.8) is 0 Å². The van der Waals surface area contributed by atoms with Crippen molar-refractivity contribution < 1.29 is 4.74 Å². The quantitative estimate of drug-likeness (QED) is 0.627. The lowest BCUT2D eigenvalue weighted by atomic mass is 9.97. The van der Waals surface area contributed by atoms with E-state index in [2.05, 4.69) is 35.5 Å². The molecule has 0 aliphatic rings. The summed E-state index contributed by atoms with van der Waals surface area (Å²) in [5.74, 6) is 5.73. The van der Waals surface area contributed by atoms with Crippen LogP contribution in [0.4, 0.5) is 0 Å². The molecule has 1 aromatic heterocycles. The molecule has 4 nitrogen and oxygen atoms in total. The van der Waals surface area contributed by atoms with Gasteiger partial charge in [-0.25, -0.2) is 0 Å². The van der Waals surface area contributed by atoms with Crippen molar-refractivity contribution in [3.05, 3.63) is 41.6 Å². The van der Waals surface area contributed by atoms with Crippen LogP contribution in [0.5, 0.6) is 0 Å². The highest BCUT2D eigenvalue weighted by atomic mass is 16.5. The summed E-state index contributed by atoms with van der Waals surface area (Å²) in [4.78, 5) is 4.52. The minimum atomic E-state index is -0.00865. The minimum absolute atomic E-state index is 0.00865. The number of nitrogens with one attached hydrogen (secondary N) is 1. The molecule has 0 amide bonds. The Labute approximate surface area is 120 Å². The number of methoxy groups -OCH3 is 1. The smallest absolute Gasteiger partial charge is 0.0778 e. The van der Waals surface area contributed by atoms with E-state index in [1.807, 2.05) is 19.1 Å². The van der Waals surface area contributed by atoms with Crippen LogP contribution in [0.15, 0.2) is 30.3 Å². The highest BCUT2D eigenvalue weighted by Gasteiger charge is 2.21. The van der Waals surface area contributed by atoms with Gasteiger partial charge in [-0.1, -0.05) is 25.5 Å². The van der Waals surface area contributed by atoms with Gasteiger partial charge in [-0.2, -0.15) is 0 Å². The molecule has 0 aliphatic heterocycles. The Morgan fingerprint density at radius 3 is 2.75 bits per heavy atom. The molecule has 0 saturated carbocycles. The molecule has 4 heteroatoms. The zero-order chi connectivity index (χ0) is 14.5. The fraction of sp³-hybridized carbons (Fsp3) is 0.438. The maximum Gasteiger partial charge on any atom is 0.0778 e. The SMILES string of the molecule is CCCC(OC)C(NN)c1ccc2nc(C)ccc2c1. The van der Waals surface area contributed by atoms with E-state index >= 15 is 0 Å². The molecule has 108 valence electrons. The topological polar surface area (TPSA) is 60.2 Å². The fourth-order valence-corrected chi connectivity index (χ4v) is 2.56. The number of aromatic nitrogens is 1. The normalized spacial score (nSPS) is 14.4. The van der Waals surface area contributed by atoms with E-state index in [0.29, 0.717) is 0 Å². The van der Waals surface area contributed by atoms with Gasteiger partial charge in [-0.3, -0.25) is 16.3 Å². The predicted molar refractivity (Wildman–Crippen MR) is 82.2 cm³/mol. The Balaban J connectivity index is 2.36. The first-order chi connectivity index (χ1) is 9.69. The van der Waals surface area contributed by atoms with Gasteiger partial charge in [0.1, 0.15) is 0 Å². The van der Waals surface area contributed by atoms with Crippen LogP contribution >= 0.6 is 0 Å². The van der Waals surface area contributed by atoms with Gasteiger partial charge in [0, 0.05) is 18.2 Å². The molecule has 1 aromatic carbocycles. The summed E-state index contributed by atoms with van der Waals surface area (Å²) in [7, 11) is 1.73. The maximum atomic E-state index is 5.73. The standard InChI is InChI=1S/C16H23N3O/c1-4-5-15(20-3)16(19-17)13-8-9-14-12(10-13)7-6-11(2)18-14/h6-10,15-16,19H,4-5,17H2,1-3H3. The third-order valence-electron chi connectivity index (χ3n) is 3.64. The molecule has 3 N–H and O–H groups in total. The molecule has 0 fully saturated rings. The third-order valence-corrected chi connectivity index (χ3v) is 3.64. The van der Waals surface area contributed by atoms with E-state index < -0.39 is 0 Å². The Bertz CT molecular complexity index is 571. The summed E-state index contributed by atoms with van der Waals surface area (Å²) in [6.07, 6.45) is 2.10. The molecule has 2 atom stereocenters. The lowest BCUT2D eigenvalue weighted by molar-refractivity contribution is 0.0606. The van der Waals surface area contributed by atoms with Crippen LogP contribution in [-0.2, 0) is 4.74 Å². The Morgan fingerprint density at radius 1 is 1.30 bits per heavy atom. The van der Waals surface area contributed by atoms with Crippen LogP contribution in [0.1, 0.15) is 37.1 Å². The number of pyridine rings is 1. The van der Waals surface area contributed by atoms with E-state index in [1.165, 1.54) is 0 Å². The molecular weight excluding hydrogens is 250 g/mol. The van der Waals surface area contributed by atoms with Crippen molar-refractivity contribution in [1.82, 2.24) is 10.4 Å². The number of benzene rings is 1. The molecular formula is C16H23N3O. The molecule has 0 radical (unpaired) electrons. The first-order valence-electron chi connectivity index (χ1n) is 7.05. The molecule has 0 aliphatic carbocycles. The monoisotopic (exact) mass is 273 g/mol. The first-order valence-corrected chi connectivity index (χ1v) is 7.05. The Kier molecular flexibility index (Phi) is 5.06. The van der Waals surface area contributed by atoms with Crippen LogP contribution in [-0.4, -0.2) is 18.2 Å². The van der Waals surface area contributed by atoms with Gasteiger partial charge in [0.25, 0.3) is 0 Å². The molecule has 2 unspecified atom stereocenters. The number of aryl methyl sites for hydroxylation is 1. The highest BCUT2D eigenvalue weighted by Crippen LogP contribution is 2.25. The number of hydrazine groups is 1. The largest absolute Gasteiger partial charge is 0.379 e. The number of fused-ring (bicyclic) bond motifs is 1. The average molecular weight is 273 g/mol. The van der Waals surface area contributed by atoms with Crippen LogP contribution in [0, 0.1) is 6.92 Å². The van der Waals surface area contributed by atoms with Crippen molar-refractivity contribution in [1.29, 1.82) is 0 Å². The molecule has 0 spiro atoms. The predicted octanol–water partition coefficient (Wildman–Crippen LogP) is 2.86. The number of rotatable bonds is 6. The average Bonchev–Trinajstić information content (AvgIpc) is 2.47. The molecule has 0 bridgehead atoms. The van der Waals surface area contributed by atoms with E-state index in [9.17, 15) is 0 Å². The molecule has 0 saturated heterocycles. The lowest BCUT2D eigenvalue weighted by Gasteiger charge is -2.25. The summed E-state index contributed by atoms with van der Waals surface area (Å²) in [5, 5.41) is 1.12. The summed E-state index contributed by atoms with van der Waals surface area (Å²) in [6, 6.07) is 10.4. The second kappa shape index (κ2) is 6.79. The van der Waals surface area contributed by atoms with Crippen molar-refractivity contribution in [2.75, 3.05) is 7.11 Å². The Hall–Kier alpha value is -1.49. The Morgan fingerprint density at radius 2 is 2.10 bits per heavy atom. The van der Waals surface area contributed by atoms with E-state index in [4.69, 9.17) is 10.6 Å². The van der Waals surface area contributed by atoms with E-state index in [-0.39, 0.29) is 12.1 Å². The summed E-state index contributed by atoms with van der Waals surface area (Å²) in [6.45, 7) is 4.15. The number of hydrogen-bond acceptors (Lipinski definition) is 4. The third kappa shape index (κ3) is 3.15. The van der Waals surface area contributed by atoms with Gasteiger partial charge in [-0.05, 0) is 37.1 Å². The molecule has 2 aromatic rings. The van der Waals surface area contributed by atoms with Crippen molar-refractivity contribution in [2.24, 2.45) is 5.84 Å². The van der Waals surface area contributed by atoms with Crippen LogP contribution < -0.4 is 11.3 Å². The van der Waals surface area contributed by atoms with Gasteiger partial charge in [0.05, 0.1) is 17.7 Å². The second-order valence-corrected chi connectivity index (χ2v) is 5.11. The summed E-state index contributed by atoms with van der Waals surface area (Å²) < 4.78 is 5.57. The number of nitrogens with two attached hydrogens (primary N) is 1. The molecule has 1 heterocycles. The van der Waals surface area contributed by atoms with Crippen LogP contribution in [0.2, 0.25) is 0 Å². The zero-order valence-electron chi connectivity index (χ0n) is 12.4. The van der Waals surface area contributed by atoms with Gasteiger partial charge in [0.2, 0.25) is 0 Å². The van der Waals surface area contributed by atoms with Gasteiger partial charge in [-0.15, -0.1) is 0 Å². The van der Waals surface area contributed by atoms with E-state index in [1.54, 1.807) is 7.11 Å². The number of ether oxygens (including phenoxy) is 1. The number of hydrogen-bond donors (Lipinski definition) is 2. The van der Waals surface area contributed by atoms with Crippen LogP contribution in [0.3, 0.4) is 0 Å². The first kappa shape index (κ1) is 14.9. The second-order valence-electron chi connectivity index (χ2n) is 5.11. The summed E-state index contributed by atoms with van der Waals surface area (Å²) in [5.41, 5.74) is 6.05. The lowest BCUT2D eigenvalue weighted by Crippen LogP contribution is -2.37. The van der Waals surface area contributed by atoms with Gasteiger partial charge < -0.3 is 4.74 Å². The molecule has 2 rings (SSSR count). The highest BCUT2D eigenvalue weighted by molar-refractivity contribution is 5.79. The van der Waals surface area contributed by atoms with Crippen molar-refractivity contribution in [2.45, 2.75) is 38.8 Å². The minimum Gasteiger partial charge on any atom is -0.379 e. The molecule has 20 heavy (non-hydrogen) atoms. The van der Waals surface area contributed by atoms with Gasteiger partial charge in [0.15, 0.2) is 0 Å². The van der Waals surface area contributed by atoms with Crippen molar-refractivity contribution in [3.8, 4) is 0 Å². The fourth-order valence-electron chi connectivity index (χ4n) is 2.56. The maximum absolute atomic E-state index is 5.73. The summed E-state index contributed by atoms with van der Waals surface area (Å²) >= 11 is 0.